The number of allylic oxidation sites excluding steroid dienone is 2. The van der Waals surface area contributed by atoms with E-state index in [0.29, 0.717) is 50.7 Å². The number of nitrogens with one attached hydrogen (secondary N) is 2. The van der Waals surface area contributed by atoms with Crippen LogP contribution in [0.4, 0.5) is 4.79 Å². The van der Waals surface area contributed by atoms with Crippen LogP contribution in [0.25, 0.3) is 10.9 Å². The lowest BCUT2D eigenvalue weighted by atomic mass is 9.85. The lowest BCUT2D eigenvalue weighted by molar-refractivity contribution is -0.140. The SMILES string of the molecule is Cc1nc2ccccc2c2c1O[C@]1(CC2)C[C@H]2C(=O)C[C@]3(C(=O)NS(=O)(=O)C4(C)CC4)C[C@H]3/C=C\CCCCC[C@@H](NC(=O)OC3(C(C)C)CC3)C(=O)N2C1. The zero-order valence-corrected chi connectivity index (χ0v) is 33.3. The molecule has 0 bridgehead atoms. The van der Waals surface area contributed by atoms with Crippen LogP contribution in [0.2, 0.25) is 0 Å². The Balaban J connectivity index is 1.12. The van der Waals surface area contributed by atoms with Crippen LogP contribution in [-0.2, 0) is 35.6 Å². The molecule has 3 aliphatic heterocycles. The molecule has 1 aromatic carbocycles. The third-order valence-corrected chi connectivity index (χ3v) is 15.8. The van der Waals surface area contributed by atoms with Gasteiger partial charge in [0.25, 0.3) is 0 Å². The second-order valence-corrected chi connectivity index (χ2v) is 20.1. The van der Waals surface area contributed by atoms with E-state index in [2.05, 4.69) is 10.0 Å². The Morgan fingerprint density at radius 2 is 1.80 bits per heavy atom. The topological polar surface area (TPSA) is 161 Å². The Kier molecular flexibility index (Phi) is 9.36. The second kappa shape index (κ2) is 13.6. The predicted octanol–water partition coefficient (Wildman–Crippen LogP) is 5.98. The van der Waals surface area contributed by atoms with E-state index < -0.39 is 55.5 Å². The number of amides is 3. The van der Waals surface area contributed by atoms with Crippen LogP contribution < -0.4 is 14.8 Å². The molecular formula is C42H54N4O8S. The minimum absolute atomic E-state index is 0.117. The molecule has 3 saturated carbocycles. The van der Waals surface area contributed by atoms with Crippen molar-refractivity contribution < 1.29 is 37.1 Å². The van der Waals surface area contributed by atoms with Crippen molar-refractivity contribution >= 4 is 44.6 Å². The summed E-state index contributed by atoms with van der Waals surface area (Å²) in [7, 11) is -3.94. The zero-order chi connectivity index (χ0) is 39.0. The van der Waals surface area contributed by atoms with Gasteiger partial charge in [0.15, 0.2) is 5.78 Å². The summed E-state index contributed by atoms with van der Waals surface area (Å²) in [5.41, 5.74) is -0.0341. The first-order chi connectivity index (χ1) is 26.1. The highest BCUT2D eigenvalue weighted by atomic mass is 32.2. The predicted molar refractivity (Wildman–Crippen MR) is 206 cm³/mol. The van der Waals surface area contributed by atoms with Crippen LogP contribution in [0, 0.1) is 24.2 Å². The molecule has 13 heteroatoms. The number of hydrogen-bond donors (Lipinski definition) is 2. The molecule has 6 aliphatic rings. The van der Waals surface area contributed by atoms with E-state index in [9.17, 15) is 27.6 Å². The largest absolute Gasteiger partial charge is 0.483 e. The Labute approximate surface area is 323 Å². The molecule has 3 amide bonds. The van der Waals surface area contributed by atoms with Crippen molar-refractivity contribution in [3.05, 3.63) is 47.7 Å². The zero-order valence-electron chi connectivity index (χ0n) is 32.4. The number of aromatic nitrogens is 1. The van der Waals surface area contributed by atoms with Gasteiger partial charge >= 0.3 is 6.09 Å². The van der Waals surface area contributed by atoms with Crippen molar-refractivity contribution in [1.82, 2.24) is 19.9 Å². The molecule has 12 nitrogen and oxygen atoms in total. The highest BCUT2D eigenvalue weighted by Crippen LogP contribution is 2.58. The molecule has 2 aromatic rings. The number of hydrogen-bond acceptors (Lipinski definition) is 9. The number of para-hydroxylation sites is 1. The molecule has 1 aromatic heterocycles. The van der Waals surface area contributed by atoms with Crippen LogP contribution in [0.15, 0.2) is 36.4 Å². The number of alkyl carbamates (subject to hydrolysis) is 1. The number of ether oxygens (including phenoxy) is 2. The summed E-state index contributed by atoms with van der Waals surface area (Å²) in [6, 6.07) is 6.05. The number of ketones is 1. The molecular weight excluding hydrogens is 721 g/mol. The van der Waals surface area contributed by atoms with Crippen LogP contribution in [0.1, 0.15) is 115 Å². The third-order valence-electron chi connectivity index (χ3n) is 13.6. The Bertz CT molecular complexity index is 2070. The third kappa shape index (κ3) is 6.92. The number of carbonyl (C=O) groups excluding carboxylic acids is 4. The van der Waals surface area contributed by atoms with Crippen molar-refractivity contribution in [3.63, 3.8) is 0 Å². The van der Waals surface area contributed by atoms with Crippen molar-refractivity contribution in [2.24, 2.45) is 17.3 Å². The van der Waals surface area contributed by atoms with Gasteiger partial charge in [0.05, 0.1) is 34.0 Å². The minimum Gasteiger partial charge on any atom is -0.483 e. The van der Waals surface area contributed by atoms with Gasteiger partial charge in [0, 0.05) is 23.8 Å². The standard InChI is InChI=1S/C42H54N4O8S/c1-26(2)42(20-21-42)54-38(50)44-32-15-9-7-5-6-8-12-28-22-41(28,37(49)45-55(51,52)39(4)18-19-39)24-34(47)33-23-40(25-46(33)36(32)48)17-16-30-29-13-10-11-14-31(29)43-27(3)35(30)53-40/h8,10-14,26,28,32-33H,5-7,9,15-25H2,1-4H3,(H,44,50)(H,45,49)/b12-8-/t28-,32-,33+,40-,41-/m1/s1. The van der Waals surface area contributed by atoms with Crippen LogP contribution in [0.5, 0.6) is 5.75 Å². The average Bonchev–Trinajstić information content (AvgIpc) is 4.09. The van der Waals surface area contributed by atoms with E-state index in [-0.39, 0.29) is 42.9 Å². The van der Waals surface area contributed by atoms with Gasteiger partial charge in [-0.05, 0) is 96.0 Å². The van der Waals surface area contributed by atoms with Crippen LogP contribution in [0.3, 0.4) is 0 Å². The fourth-order valence-electron chi connectivity index (χ4n) is 9.26. The summed E-state index contributed by atoms with van der Waals surface area (Å²) in [4.78, 5) is 63.5. The first kappa shape index (κ1) is 37.9. The number of Topliss-reactive ketones (excluding diaryl/α,β-unsaturated/α-hetero) is 1. The van der Waals surface area contributed by atoms with Gasteiger partial charge in [-0.1, -0.05) is 57.0 Å². The lowest BCUT2D eigenvalue weighted by Crippen LogP contribution is -2.53. The molecule has 4 heterocycles. The molecule has 5 atom stereocenters. The van der Waals surface area contributed by atoms with Gasteiger partial charge in [0.2, 0.25) is 21.8 Å². The fraction of sp³-hybridized carbons (Fsp3) is 0.643. The molecule has 296 valence electrons. The number of carbonyl (C=O) groups is 4. The number of sulfonamides is 1. The van der Waals surface area contributed by atoms with Gasteiger partial charge in [0.1, 0.15) is 23.0 Å². The number of benzene rings is 1. The molecule has 2 N–H and O–H groups in total. The minimum atomic E-state index is -3.94. The van der Waals surface area contributed by atoms with Crippen molar-refractivity contribution in [3.8, 4) is 5.75 Å². The molecule has 4 fully saturated rings. The molecule has 0 unspecified atom stereocenters. The Morgan fingerprint density at radius 3 is 2.53 bits per heavy atom. The van der Waals surface area contributed by atoms with Crippen LogP contribution >= 0.6 is 0 Å². The van der Waals surface area contributed by atoms with E-state index in [1.807, 2.05) is 57.2 Å². The Morgan fingerprint density at radius 1 is 1.04 bits per heavy atom. The van der Waals surface area contributed by atoms with E-state index in [4.69, 9.17) is 14.5 Å². The van der Waals surface area contributed by atoms with Gasteiger partial charge in [-0.2, -0.15) is 0 Å². The molecule has 8 rings (SSSR count). The summed E-state index contributed by atoms with van der Waals surface area (Å²) < 4.78 is 40.7. The maximum Gasteiger partial charge on any atom is 0.408 e. The molecule has 1 saturated heterocycles. The fourth-order valence-corrected chi connectivity index (χ4v) is 10.6. The van der Waals surface area contributed by atoms with E-state index in [1.165, 1.54) is 0 Å². The maximum atomic E-state index is 14.8. The summed E-state index contributed by atoms with van der Waals surface area (Å²) in [6.45, 7) is 7.69. The number of aryl methyl sites for hydroxylation is 2. The smallest absolute Gasteiger partial charge is 0.408 e. The Hall–Kier alpha value is -4.00. The monoisotopic (exact) mass is 774 g/mol. The quantitative estimate of drug-likeness (QED) is 0.337. The number of pyridine rings is 1. The van der Waals surface area contributed by atoms with Gasteiger partial charge in [-0.15, -0.1) is 0 Å². The highest BCUT2D eigenvalue weighted by molar-refractivity contribution is 7.91. The first-order valence-electron chi connectivity index (χ1n) is 20.2. The van der Waals surface area contributed by atoms with Crippen molar-refractivity contribution in [2.45, 2.75) is 146 Å². The number of nitrogens with zero attached hydrogens (tertiary/aromatic N) is 2. The normalized spacial score (nSPS) is 31.6. The maximum absolute atomic E-state index is 14.8. The highest BCUT2D eigenvalue weighted by Gasteiger charge is 2.63. The molecule has 3 aliphatic carbocycles. The lowest BCUT2D eigenvalue weighted by Gasteiger charge is -2.36. The van der Waals surface area contributed by atoms with E-state index >= 15 is 0 Å². The first-order valence-corrected chi connectivity index (χ1v) is 21.7. The summed E-state index contributed by atoms with van der Waals surface area (Å²) in [5.74, 6) is -0.861. The molecule has 1 spiro atoms. The molecule has 55 heavy (non-hydrogen) atoms. The van der Waals surface area contributed by atoms with Gasteiger partial charge in [-0.3, -0.25) is 19.1 Å². The van der Waals surface area contributed by atoms with Crippen molar-refractivity contribution in [2.75, 3.05) is 6.54 Å². The summed E-state index contributed by atoms with van der Waals surface area (Å²) >= 11 is 0. The number of rotatable bonds is 6. The summed E-state index contributed by atoms with van der Waals surface area (Å²) in [5, 5.41) is 3.91. The van der Waals surface area contributed by atoms with Gasteiger partial charge < -0.3 is 19.7 Å². The second-order valence-electron chi connectivity index (χ2n) is 17.9. The van der Waals surface area contributed by atoms with Gasteiger partial charge in [-0.25, -0.2) is 18.2 Å². The average molecular weight is 775 g/mol. The van der Waals surface area contributed by atoms with E-state index in [0.717, 1.165) is 54.3 Å². The van der Waals surface area contributed by atoms with Crippen molar-refractivity contribution in [1.29, 1.82) is 0 Å². The van der Waals surface area contributed by atoms with E-state index in [1.54, 1.807) is 11.8 Å². The number of fused-ring (bicyclic) bond motifs is 5. The molecule has 0 radical (unpaired) electrons. The van der Waals surface area contributed by atoms with Crippen LogP contribution in [-0.4, -0.2) is 76.6 Å². The summed E-state index contributed by atoms with van der Waals surface area (Å²) in [6.07, 6.45) is 10.8.